The van der Waals surface area contributed by atoms with Gasteiger partial charge in [0.25, 0.3) is 0 Å². The van der Waals surface area contributed by atoms with Crippen LogP contribution in [0.5, 0.6) is 0 Å². The Balaban J connectivity index is 1.89. The maximum absolute atomic E-state index is 12.5. The lowest BCUT2D eigenvalue weighted by Gasteiger charge is -2.31. The number of ether oxygens (including phenoxy) is 1. The standard InChI is InChI=1S/C17H30N2O3/c1-12-7-9-13(10-8-12)18-15(20)14-6-5-11-19(14)16(21)22-17(2,3)4/h12-14H,5-11H2,1-4H3,(H,18,20). The normalized spacial score (nSPS) is 29.3. The number of nitrogens with zero attached hydrogens (tertiary/aromatic N) is 1. The molecule has 0 radical (unpaired) electrons. The maximum Gasteiger partial charge on any atom is 0.410 e. The first kappa shape index (κ1) is 17.1. The van der Waals surface area contributed by atoms with E-state index in [4.69, 9.17) is 4.74 Å². The van der Waals surface area contributed by atoms with E-state index in [1.807, 2.05) is 20.8 Å². The smallest absolute Gasteiger partial charge is 0.410 e. The minimum Gasteiger partial charge on any atom is -0.444 e. The lowest BCUT2D eigenvalue weighted by atomic mass is 9.87. The van der Waals surface area contributed by atoms with Crippen molar-refractivity contribution >= 4 is 12.0 Å². The summed E-state index contributed by atoms with van der Waals surface area (Å²) in [6, 6.07) is -0.0982. The number of rotatable bonds is 2. The molecule has 2 fully saturated rings. The first-order valence-corrected chi connectivity index (χ1v) is 8.56. The van der Waals surface area contributed by atoms with E-state index < -0.39 is 5.60 Å². The molecule has 1 unspecified atom stereocenters. The van der Waals surface area contributed by atoms with Gasteiger partial charge in [-0.2, -0.15) is 0 Å². The Hall–Kier alpha value is -1.26. The fourth-order valence-electron chi connectivity index (χ4n) is 3.28. The zero-order valence-electron chi connectivity index (χ0n) is 14.4. The summed E-state index contributed by atoms with van der Waals surface area (Å²) in [5.74, 6) is 0.751. The molecular formula is C17H30N2O3. The van der Waals surface area contributed by atoms with Crippen LogP contribution in [-0.4, -0.2) is 41.1 Å². The van der Waals surface area contributed by atoms with Gasteiger partial charge in [0, 0.05) is 12.6 Å². The molecule has 1 aliphatic carbocycles. The highest BCUT2D eigenvalue weighted by Crippen LogP contribution is 2.25. The highest BCUT2D eigenvalue weighted by molar-refractivity contribution is 5.86. The van der Waals surface area contributed by atoms with Gasteiger partial charge < -0.3 is 10.1 Å². The second-order valence-electron chi connectivity index (χ2n) is 7.80. The first-order chi connectivity index (χ1) is 10.3. The third kappa shape index (κ3) is 4.62. The number of likely N-dealkylation sites (tertiary alicyclic amines) is 1. The lowest BCUT2D eigenvalue weighted by molar-refractivity contribution is -0.126. The monoisotopic (exact) mass is 310 g/mol. The largest absolute Gasteiger partial charge is 0.444 e. The van der Waals surface area contributed by atoms with Crippen molar-refractivity contribution < 1.29 is 14.3 Å². The van der Waals surface area contributed by atoms with Gasteiger partial charge in [-0.3, -0.25) is 9.69 Å². The zero-order valence-corrected chi connectivity index (χ0v) is 14.4. The summed E-state index contributed by atoms with van der Waals surface area (Å²) in [5, 5.41) is 3.14. The Labute approximate surface area is 133 Å². The topological polar surface area (TPSA) is 58.6 Å². The van der Waals surface area contributed by atoms with Gasteiger partial charge >= 0.3 is 6.09 Å². The van der Waals surface area contributed by atoms with Crippen LogP contribution in [0.3, 0.4) is 0 Å². The van der Waals surface area contributed by atoms with Crippen molar-refractivity contribution in [1.82, 2.24) is 10.2 Å². The van der Waals surface area contributed by atoms with Gasteiger partial charge in [-0.05, 0) is 65.2 Å². The van der Waals surface area contributed by atoms with Crippen LogP contribution < -0.4 is 5.32 Å². The van der Waals surface area contributed by atoms with Crippen molar-refractivity contribution in [3.8, 4) is 0 Å². The average molecular weight is 310 g/mol. The zero-order chi connectivity index (χ0) is 16.3. The molecule has 5 heteroatoms. The van der Waals surface area contributed by atoms with E-state index in [-0.39, 0.29) is 24.1 Å². The van der Waals surface area contributed by atoms with Crippen molar-refractivity contribution in [3.63, 3.8) is 0 Å². The molecule has 1 atom stereocenters. The molecule has 0 aromatic heterocycles. The van der Waals surface area contributed by atoms with Crippen LogP contribution in [0, 0.1) is 5.92 Å². The van der Waals surface area contributed by atoms with Crippen LogP contribution in [0.25, 0.3) is 0 Å². The predicted octanol–water partition coefficient (Wildman–Crippen LogP) is 3.08. The van der Waals surface area contributed by atoms with Gasteiger partial charge in [-0.15, -0.1) is 0 Å². The summed E-state index contributed by atoms with van der Waals surface area (Å²) < 4.78 is 5.41. The fraction of sp³-hybridized carbons (Fsp3) is 0.882. The molecule has 22 heavy (non-hydrogen) atoms. The van der Waals surface area contributed by atoms with Gasteiger partial charge in [0.15, 0.2) is 0 Å². The first-order valence-electron chi connectivity index (χ1n) is 8.56. The molecule has 1 N–H and O–H groups in total. The Morgan fingerprint density at radius 2 is 1.73 bits per heavy atom. The number of nitrogens with one attached hydrogen (secondary N) is 1. The molecular weight excluding hydrogens is 280 g/mol. The second kappa shape index (κ2) is 6.88. The quantitative estimate of drug-likeness (QED) is 0.852. The molecule has 1 heterocycles. The van der Waals surface area contributed by atoms with Crippen LogP contribution in [0.1, 0.15) is 66.2 Å². The summed E-state index contributed by atoms with van der Waals surface area (Å²) in [6.45, 7) is 8.41. The van der Waals surface area contributed by atoms with Gasteiger partial charge in [-0.1, -0.05) is 6.92 Å². The van der Waals surface area contributed by atoms with Crippen molar-refractivity contribution in [2.75, 3.05) is 6.54 Å². The van der Waals surface area contributed by atoms with Crippen LogP contribution in [0.15, 0.2) is 0 Å². The second-order valence-corrected chi connectivity index (χ2v) is 7.80. The molecule has 1 aliphatic heterocycles. The minimum atomic E-state index is -0.528. The van der Waals surface area contributed by atoms with E-state index in [1.165, 1.54) is 12.8 Å². The van der Waals surface area contributed by atoms with Crippen molar-refractivity contribution in [3.05, 3.63) is 0 Å². The van der Waals surface area contributed by atoms with Gasteiger partial charge in [0.2, 0.25) is 5.91 Å². The summed E-state index contributed by atoms with van der Waals surface area (Å²) in [4.78, 5) is 26.3. The predicted molar refractivity (Wildman–Crippen MR) is 85.5 cm³/mol. The van der Waals surface area contributed by atoms with Crippen LogP contribution >= 0.6 is 0 Å². The number of amides is 2. The molecule has 126 valence electrons. The van der Waals surface area contributed by atoms with E-state index in [1.54, 1.807) is 4.90 Å². The maximum atomic E-state index is 12.5. The molecule has 2 amide bonds. The van der Waals surface area contributed by atoms with Gasteiger partial charge in [0.1, 0.15) is 11.6 Å². The Morgan fingerprint density at radius 3 is 2.32 bits per heavy atom. The molecule has 1 saturated carbocycles. The average Bonchev–Trinajstić information content (AvgIpc) is 2.89. The van der Waals surface area contributed by atoms with E-state index in [2.05, 4.69) is 12.2 Å². The molecule has 0 aromatic rings. The van der Waals surface area contributed by atoms with E-state index in [9.17, 15) is 9.59 Å². The minimum absolute atomic E-state index is 0.0112. The Bertz CT molecular complexity index is 409. The number of hydrogen-bond acceptors (Lipinski definition) is 3. The van der Waals surface area contributed by atoms with Crippen molar-refractivity contribution in [1.29, 1.82) is 0 Å². The van der Waals surface area contributed by atoms with E-state index in [0.29, 0.717) is 6.54 Å². The summed E-state index contributed by atoms with van der Waals surface area (Å²) in [7, 11) is 0. The third-order valence-electron chi connectivity index (χ3n) is 4.55. The highest BCUT2D eigenvalue weighted by Gasteiger charge is 2.37. The third-order valence-corrected chi connectivity index (χ3v) is 4.55. The molecule has 0 bridgehead atoms. The van der Waals surface area contributed by atoms with Crippen molar-refractivity contribution in [2.45, 2.75) is 83.9 Å². The fourth-order valence-corrected chi connectivity index (χ4v) is 3.28. The van der Waals surface area contributed by atoms with Gasteiger partial charge in [0.05, 0.1) is 0 Å². The number of carbonyl (C=O) groups is 2. The molecule has 0 aromatic carbocycles. The van der Waals surface area contributed by atoms with Gasteiger partial charge in [-0.25, -0.2) is 4.79 Å². The van der Waals surface area contributed by atoms with Crippen molar-refractivity contribution in [2.24, 2.45) is 5.92 Å². The van der Waals surface area contributed by atoms with E-state index >= 15 is 0 Å². The highest BCUT2D eigenvalue weighted by atomic mass is 16.6. The Kier molecular flexibility index (Phi) is 5.35. The molecule has 1 saturated heterocycles. The summed E-state index contributed by atoms with van der Waals surface area (Å²) in [5.41, 5.74) is -0.528. The molecule has 5 nitrogen and oxygen atoms in total. The SMILES string of the molecule is CC1CCC(NC(=O)C2CCCN2C(=O)OC(C)(C)C)CC1. The van der Waals surface area contributed by atoms with Crippen LogP contribution in [-0.2, 0) is 9.53 Å². The van der Waals surface area contributed by atoms with Crippen LogP contribution in [0.2, 0.25) is 0 Å². The molecule has 0 spiro atoms. The molecule has 2 aliphatic rings. The summed E-state index contributed by atoms with van der Waals surface area (Å²) in [6.07, 6.45) is 5.66. The number of carbonyl (C=O) groups excluding carboxylic acids is 2. The summed E-state index contributed by atoms with van der Waals surface area (Å²) >= 11 is 0. The number of hydrogen-bond donors (Lipinski definition) is 1. The molecule has 2 rings (SSSR count). The lowest BCUT2D eigenvalue weighted by Crippen LogP contribution is -2.50. The van der Waals surface area contributed by atoms with E-state index in [0.717, 1.165) is 31.6 Å². The Morgan fingerprint density at radius 1 is 1.09 bits per heavy atom. The van der Waals surface area contributed by atoms with Crippen LogP contribution in [0.4, 0.5) is 4.79 Å².